The van der Waals surface area contributed by atoms with Crippen molar-refractivity contribution in [2.75, 3.05) is 0 Å². The fourth-order valence-corrected chi connectivity index (χ4v) is 3.09. The third-order valence-corrected chi connectivity index (χ3v) is 4.36. The van der Waals surface area contributed by atoms with Crippen LogP contribution in [0.4, 0.5) is 0 Å². The Balaban J connectivity index is 1.67. The molecule has 0 spiro atoms. The lowest BCUT2D eigenvalue weighted by Crippen LogP contribution is -1.99. The van der Waals surface area contributed by atoms with E-state index >= 15 is 0 Å². The van der Waals surface area contributed by atoms with E-state index in [2.05, 4.69) is 15.5 Å². The van der Waals surface area contributed by atoms with Gasteiger partial charge in [-0.25, -0.2) is 4.68 Å². The fourth-order valence-electron chi connectivity index (χ4n) is 3.09. The molecule has 0 bridgehead atoms. The van der Waals surface area contributed by atoms with Crippen LogP contribution in [0, 0.1) is 0 Å². The van der Waals surface area contributed by atoms with Crippen molar-refractivity contribution in [1.82, 2.24) is 20.2 Å². The summed E-state index contributed by atoms with van der Waals surface area (Å²) >= 11 is 0. The van der Waals surface area contributed by atoms with E-state index in [1.165, 1.54) is 0 Å². The summed E-state index contributed by atoms with van der Waals surface area (Å²) in [6, 6.07) is 26.0. The van der Waals surface area contributed by atoms with Gasteiger partial charge in [0.2, 0.25) is 0 Å². The molecule has 0 aliphatic heterocycles. The van der Waals surface area contributed by atoms with Crippen molar-refractivity contribution in [3.63, 3.8) is 0 Å². The highest BCUT2D eigenvalue weighted by Gasteiger charge is 2.14. The van der Waals surface area contributed by atoms with E-state index in [-0.39, 0.29) is 0 Å². The van der Waals surface area contributed by atoms with Crippen LogP contribution in [0.5, 0.6) is 0 Å². The number of benzene rings is 3. The number of aromatic nitrogens is 4. The van der Waals surface area contributed by atoms with Gasteiger partial charge in [0.05, 0.1) is 23.0 Å². The third kappa shape index (κ3) is 2.38. The molecule has 0 unspecified atom stereocenters. The Morgan fingerprint density at radius 2 is 1.50 bits per heavy atom. The molecule has 124 valence electrons. The van der Waals surface area contributed by atoms with Crippen molar-refractivity contribution in [1.29, 1.82) is 0 Å². The Morgan fingerprint density at radius 3 is 2.27 bits per heavy atom. The highest BCUT2D eigenvalue weighted by Crippen LogP contribution is 2.31. The number of nitrogens with zero attached hydrogens (tertiary/aromatic N) is 4. The maximum Gasteiger partial charge on any atom is 0.174 e. The van der Waals surface area contributed by atoms with E-state index in [0.717, 1.165) is 39.2 Å². The Hall–Kier alpha value is -3.73. The van der Waals surface area contributed by atoms with Gasteiger partial charge in [0, 0.05) is 11.1 Å². The van der Waals surface area contributed by atoms with Crippen LogP contribution < -0.4 is 0 Å². The SMILES string of the molecule is c1ccc(-c2onc3ccc(-n4nncc4-c4ccccc4)cc23)cc1. The molecule has 5 heteroatoms. The summed E-state index contributed by atoms with van der Waals surface area (Å²) in [4.78, 5) is 0. The summed E-state index contributed by atoms with van der Waals surface area (Å²) < 4.78 is 7.42. The van der Waals surface area contributed by atoms with Crippen molar-refractivity contribution < 1.29 is 4.52 Å². The maximum absolute atomic E-state index is 5.59. The third-order valence-electron chi connectivity index (χ3n) is 4.36. The molecule has 0 amide bonds. The Labute approximate surface area is 149 Å². The van der Waals surface area contributed by atoms with Gasteiger partial charge in [0.1, 0.15) is 5.52 Å². The molecule has 3 aromatic carbocycles. The molecule has 0 radical (unpaired) electrons. The summed E-state index contributed by atoms with van der Waals surface area (Å²) in [6.07, 6.45) is 1.77. The first-order valence-electron chi connectivity index (χ1n) is 8.31. The molecule has 2 aromatic heterocycles. The van der Waals surface area contributed by atoms with E-state index in [9.17, 15) is 0 Å². The smallest absolute Gasteiger partial charge is 0.174 e. The summed E-state index contributed by atoms with van der Waals surface area (Å²) in [6.45, 7) is 0. The quantitative estimate of drug-likeness (QED) is 0.477. The van der Waals surface area contributed by atoms with Gasteiger partial charge in [-0.3, -0.25) is 0 Å². The zero-order valence-corrected chi connectivity index (χ0v) is 13.8. The summed E-state index contributed by atoms with van der Waals surface area (Å²) in [7, 11) is 0. The zero-order valence-electron chi connectivity index (χ0n) is 13.8. The number of rotatable bonds is 3. The lowest BCUT2D eigenvalue weighted by atomic mass is 10.1. The molecule has 0 atom stereocenters. The number of hydrogen-bond donors (Lipinski definition) is 0. The van der Waals surface area contributed by atoms with Gasteiger partial charge in [-0.2, -0.15) is 0 Å². The molecule has 0 N–H and O–H groups in total. The van der Waals surface area contributed by atoms with Crippen molar-refractivity contribution in [3.8, 4) is 28.3 Å². The predicted octanol–water partition coefficient (Wildman–Crippen LogP) is 4.74. The molecule has 0 saturated carbocycles. The molecule has 0 saturated heterocycles. The monoisotopic (exact) mass is 338 g/mol. The minimum Gasteiger partial charge on any atom is -0.355 e. The van der Waals surface area contributed by atoms with Crippen molar-refractivity contribution in [2.24, 2.45) is 0 Å². The van der Waals surface area contributed by atoms with Crippen LogP contribution in [-0.2, 0) is 0 Å². The van der Waals surface area contributed by atoms with Crippen molar-refractivity contribution in [2.45, 2.75) is 0 Å². The molecule has 0 aliphatic rings. The first kappa shape index (κ1) is 14.6. The van der Waals surface area contributed by atoms with Crippen LogP contribution in [0.15, 0.2) is 89.6 Å². The van der Waals surface area contributed by atoms with Gasteiger partial charge in [0.15, 0.2) is 5.76 Å². The predicted molar refractivity (Wildman–Crippen MR) is 99.8 cm³/mol. The second kappa shape index (κ2) is 5.97. The second-order valence-electron chi connectivity index (χ2n) is 5.98. The van der Waals surface area contributed by atoms with E-state index < -0.39 is 0 Å². The lowest BCUT2D eigenvalue weighted by molar-refractivity contribution is 0.441. The molecule has 26 heavy (non-hydrogen) atoms. The van der Waals surface area contributed by atoms with Crippen LogP contribution in [0.1, 0.15) is 0 Å². The second-order valence-corrected chi connectivity index (χ2v) is 5.98. The average molecular weight is 338 g/mol. The normalized spacial score (nSPS) is 11.1. The average Bonchev–Trinajstić information content (AvgIpc) is 3.36. The van der Waals surface area contributed by atoms with Gasteiger partial charge >= 0.3 is 0 Å². The van der Waals surface area contributed by atoms with Crippen molar-refractivity contribution >= 4 is 10.9 Å². The largest absolute Gasteiger partial charge is 0.355 e. The number of fused-ring (bicyclic) bond motifs is 1. The highest BCUT2D eigenvalue weighted by atomic mass is 16.5. The van der Waals surface area contributed by atoms with Crippen LogP contribution >= 0.6 is 0 Å². The summed E-state index contributed by atoms with van der Waals surface area (Å²) in [5.74, 6) is 0.754. The lowest BCUT2D eigenvalue weighted by Gasteiger charge is -2.06. The van der Waals surface area contributed by atoms with Crippen LogP contribution in [0.2, 0.25) is 0 Å². The van der Waals surface area contributed by atoms with Crippen LogP contribution in [0.3, 0.4) is 0 Å². The highest BCUT2D eigenvalue weighted by molar-refractivity contribution is 5.92. The molecule has 2 heterocycles. The molecular weight excluding hydrogens is 324 g/mol. The maximum atomic E-state index is 5.59. The van der Waals surface area contributed by atoms with E-state index in [4.69, 9.17) is 4.52 Å². The van der Waals surface area contributed by atoms with Crippen LogP contribution in [-0.4, -0.2) is 20.2 Å². The minimum atomic E-state index is 0.754. The fraction of sp³-hybridized carbons (Fsp3) is 0. The van der Waals surface area contributed by atoms with Crippen LogP contribution in [0.25, 0.3) is 39.2 Å². The topological polar surface area (TPSA) is 56.7 Å². The van der Waals surface area contributed by atoms with E-state index in [1.54, 1.807) is 6.20 Å². The van der Waals surface area contributed by atoms with Crippen molar-refractivity contribution in [3.05, 3.63) is 85.1 Å². The Bertz CT molecular complexity index is 1180. The van der Waals surface area contributed by atoms with E-state index in [0.29, 0.717) is 0 Å². The summed E-state index contributed by atoms with van der Waals surface area (Å²) in [5, 5.41) is 13.5. The molecule has 5 rings (SSSR count). The first-order chi connectivity index (χ1) is 12.9. The van der Waals surface area contributed by atoms with Gasteiger partial charge in [0.25, 0.3) is 0 Å². The molecular formula is C21H14N4O. The minimum absolute atomic E-state index is 0.754. The molecule has 5 nitrogen and oxygen atoms in total. The van der Waals surface area contributed by atoms with Gasteiger partial charge in [-0.15, -0.1) is 5.10 Å². The standard InChI is InChI=1S/C21H14N4O/c1-3-7-15(8-4-1)20-14-22-24-25(20)17-11-12-19-18(13-17)21(26-23-19)16-9-5-2-6-10-16/h1-14H. The molecule has 0 fully saturated rings. The van der Waals surface area contributed by atoms with Gasteiger partial charge < -0.3 is 4.52 Å². The molecule has 5 aromatic rings. The first-order valence-corrected chi connectivity index (χ1v) is 8.31. The van der Waals surface area contributed by atoms with E-state index in [1.807, 2.05) is 83.5 Å². The Kier molecular flexibility index (Phi) is 3.35. The van der Waals surface area contributed by atoms with Gasteiger partial charge in [-0.05, 0) is 18.2 Å². The van der Waals surface area contributed by atoms with Gasteiger partial charge in [-0.1, -0.05) is 71.0 Å². The molecule has 0 aliphatic carbocycles. The number of hydrogen-bond acceptors (Lipinski definition) is 4. The zero-order chi connectivity index (χ0) is 17.3. The Morgan fingerprint density at radius 1 is 0.769 bits per heavy atom. The summed E-state index contributed by atoms with van der Waals surface area (Å²) in [5.41, 5.74) is 4.71.